The Morgan fingerprint density at radius 1 is 1.80 bits per heavy atom. The van der Waals surface area contributed by atoms with Gasteiger partial charge < -0.3 is 5.73 Å². The average molecular weight is 114 g/mol. The molecule has 1 radical (unpaired) electrons. The van der Waals surface area contributed by atoms with Crippen molar-refractivity contribution >= 4 is 68.6 Å². The molecular weight excluding hydrogens is 109 g/mol. The van der Waals surface area contributed by atoms with Gasteiger partial charge in [0.25, 0.3) is 0 Å². The van der Waals surface area contributed by atoms with Gasteiger partial charge >= 0.3 is 0 Å². The molecule has 0 aromatic rings. The van der Waals surface area contributed by atoms with Crippen LogP contribution in [-0.4, -0.2) is 56.4 Å². The molecule has 1 nitrogen and oxygen atoms in total. The number of hydrogen-bond donors (Lipinski definition) is 1. The molecule has 0 saturated carbocycles. The minimum Gasteiger partial charge on any atom is -0.394 e. The van der Waals surface area contributed by atoms with Crippen molar-refractivity contribution in [3.63, 3.8) is 0 Å². The van der Waals surface area contributed by atoms with Gasteiger partial charge in [-0.05, 0) is 6.92 Å². The van der Waals surface area contributed by atoms with Gasteiger partial charge in [-0.3, -0.25) is 0 Å². The Hall–Kier alpha value is 1.53. The molecule has 5 heavy (non-hydrogen) atoms. The fourth-order valence-corrected chi connectivity index (χ4v) is 0. The van der Waals surface area contributed by atoms with Gasteiger partial charge in [-0.1, -0.05) is 12.2 Å². The van der Waals surface area contributed by atoms with Crippen molar-refractivity contribution in [3.05, 3.63) is 0 Å². The van der Waals surface area contributed by atoms with Crippen molar-refractivity contribution in [3.8, 4) is 0 Å². The summed E-state index contributed by atoms with van der Waals surface area (Å²) in [7, 11) is 0. The van der Waals surface area contributed by atoms with Crippen molar-refractivity contribution < 1.29 is 0 Å². The van der Waals surface area contributed by atoms with Gasteiger partial charge in [0.2, 0.25) is 0 Å². The normalized spacial score (nSPS) is 5.00. The largest absolute Gasteiger partial charge is 0.394 e. The second-order valence-electron chi connectivity index (χ2n) is 0.611. The molecular formula is C2H5KNS. The molecule has 25 valence electrons. The van der Waals surface area contributed by atoms with Crippen molar-refractivity contribution in [1.82, 2.24) is 0 Å². The molecule has 0 unspecified atom stereocenters. The van der Waals surface area contributed by atoms with Crippen LogP contribution in [0.15, 0.2) is 0 Å². The first-order chi connectivity index (χ1) is 1.73. The first kappa shape index (κ1) is 9.73. The zero-order chi connectivity index (χ0) is 3.58. The first-order valence-electron chi connectivity index (χ1n) is 0.993. The van der Waals surface area contributed by atoms with E-state index in [0.717, 1.165) is 0 Å². The Morgan fingerprint density at radius 2 is 1.80 bits per heavy atom. The van der Waals surface area contributed by atoms with Crippen LogP contribution in [0.2, 0.25) is 0 Å². The fourth-order valence-electron chi connectivity index (χ4n) is 0. The summed E-state index contributed by atoms with van der Waals surface area (Å²) in [5.74, 6) is 0. The maximum atomic E-state index is 4.84. The Labute approximate surface area is 79.7 Å². The predicted molar refractivity (Wildman–Crippen MR) is 28.2 cm³/mol. The van der Waals surface area contributed by atoms with Crippen LogP contribution in [0, 0.1) is 0 Å². The molecule has 0 bridgehead atoms. The molecule has 0 saturated heterocycles. The summed E-state index contributed by atoms with van der Waals surface area (Å²) in [6.07, 6.45) is 0. The molecule has 0 aromatic carbocycles. The third kappa shape index (κ3) is 29.5. The van der Waals surface area contributed by atoms with E-state index in [1.807, 2.05) is 0 Å². The summed E-state index contributed by atoms with van der Waals surface area (Å²) in [6.45, 7) is 1.68. The molecule has 0 amide bonds. The van der Waals surface area contributed by atoms with E-state index in [-0.39, 0.29) is 51.4 Å². The van der Waals surface area contributed by atoms with Crippen LogP contribution < -0.4 is 5.73 Å². The molecule has 0 aliphatic rings. The van der Waals surface area contributed by atoms with E-state index < -0.39 is 0 Å². The summed E-state index contributed by atoms with van der Waals surface area (Å²) < 4.78 is 0. The Bertz CT molecular complexity index is 32.6. The Balaban J connectivity index is 0. The fraction of sp³-hybridized carbons (Fsp3) is 0.500. The number of thiocarbonyl (C=S) groups is 1. The molecule has 0 aliphatic heterocycles. The molecule has 0 fully saturated rings. The molecule has 0 heterocycles. The molecule has 0 spiro atoms. The minimum absolute atomic E-state index is 0. The smallest absolute Gasteiger partial charge is 0.0695 e. The van der Waals surface area contributed by atoms with Crippen LogP contribution in [0.3, 0.4) is 0 Å². The van der Waals surface area contributed by atoms with Gasteiger partial charge in [-0.2, -0.15) is 0 Å². The topological polar surface area (TPSA) is 26.0 Å². The summed E-state index contributed by atoms with van der Waals surface area (Å²) >= 11 is 4.31. The van der Waals surface area contributed by atoms with Gasteiger partial charge in [0.1, 0.15) is 0 Å². The number of rotatable bonds is 0. The molecule has 0 rings (SSSR count). The van der Waals surface area contributed by atoms with E-state index in [0.29, 0.717) is 4.99 Å². The zero-order valence-corrected chi connectivity index (χ0v) is 7.43. The van der Waals surface area contributed by atoms with Crippen LogP contribution in [0.4, 0.5) is 0 Å². The van der Waals surface area contributed by atoms with Gasteiger partial charge in [0, 0.05) is 51.4 Å². The van der Waals surface area contributed by atoms with Crippen molar-refractivity contribution in [1.29, 1.82) is 0 Å². The van der Waals surface area contributed by atoms with E-state index in [1.54, 1.807) is 6.92 Å². The van der Waals surface area contributed by atoms with Gasteiger partial charge in [0.05, 0.1) is 4.99 Å². The van der Waals surface area contributed by atoms with E-state index in [4.69, 9.17) is 5.73 Å². The number of nitrogens with two attached hydrogens (primary N) is 1. The molecule has 3 heteroatoms. The summed E-state index contributed by atoms with van der Waals surface area (Å²) in [4.78, 5) is 0.500. The number of hydrogen-bond acceptors (Lipinski definition) is 1. The second-order valence-corrected chi connectivity index (χ2v) is 1.25. The average Bonchev–Trinajstić information content (AvgIpc) is 0.811. The monoisotopic (exact) mass is 114 g/mol. The van der Waals surface area contributed by atoms with E-state index >= 15 is 0 Å². The van der Waals surface area contributed by atoms with Crippen LogP contribution in [0.25, 0.3) is 0 Å². The van der Waals surface area contributed by atoms with Crippen LogP contribution in [-0.2, 0) is 0 Å². The standard InChI is InChI=1S/C2H5NS.K/c1-2(3)4;/h1H3,(H2,3,4);. The second kappa shape index (κ2) is 5.53. The van der Waals surface area contributed by atoms with E-state index in [2.05, 4.69) is 12.2 Å². The third-order valence-electron chi connectivity index (χ3n) is 0. The van der Waals surface area contributed by atoms with Crippen molar-refractivity contribution in [2.24, 2.45) is 5.73 Å². The summed E-state index contributed by atoms with van der Waals surface area (Å²) in [5, 5.41) is 0. The van der Waals surface area contributed by atoms with Gasteiger partial charge in [-0.15, -0.1) is 0 Å². The Kier molecular flexibility index (Phi) is 10.8. The molecule has 2 N–H and O–H groups in total. The minimum atomic E-state index is 0. The van der Waals surface area contributed by atoms with Gasteiger partial charge in [-0.25, -0.2) is 0 Å². The van der Waals surface area contributed by atoms with Crippen LogP contribution >= 0.6 is 12.2 Å². The Morgan fingerprint density at radius 3 is 1.80 bits per heavy atom. The maximum absolute atomic E-state index is 4.84. The first-order valence-corrected chi connectivity index (χ1v) is 1.40. The molecule has 0 aromatic heterocycles. The quantitative estimate of drug-likeness (QED) is 0.352. The van der Waals surface area contributed by atoms with E-state index in [1.165, 1.54) is 0 Å². The van der Waals surface area contributed by atoms with Crippen molar-refractivity contribution in [2.75, 3.05) is 0 Å². The van der Waals surface area contributed by atoms with Crippen LogP contribution in [0.1, 0.15) is 6.92 Å². The van der Waals surface area contributed by atoms with Crippen molar-refractivity contribution in [2.45, 2.75) is 6.92 Å². The summed E-state index contributed by atoms with van der Waals surface area (Å²) in [5.41, 5.74) is 4.84. The summed E-state index contributed by atoms with van der Waals surface area (Å²) in [6, 6.07) is 0. The third-order valence-corrected chi connectivity index (χ3v) is 0. The van der Waals surface area contributed by atoms with E-state index in [9.17, 15) is 0 Å². The predicted octanol–water partition coefficient (Wildman–Crippen LogP) is -0.0884. The zero-order valence-electron chi connectivity index (χ0n) is 3.49. The molecule has 0 aliphatic carbocycles. The maximum Gasteiger partial charge on any atom is 0.0695 e. The van der Waals surface area contributed by atoms with Gasteiger partial charge in [0.15, 0.2) is 0 Å². The molecule has 0 atom stereocenters. The SMILES string of the molecule is CC(N)=S.[K]. The van der Waals surface area contributed by atoms with Crippen LogP contribution in [0.5, 0.6) is 0 Å².